The zero-order valence-corrected chi connectivity index (χ0v) is 12.6. The highest BCUT2D eigenvalue weighted by Crippen LogP contribution is 2.22. The van der Waals surface area contributed by atoms with Crippen molar-refractivity contribution in [3.63, 3.8) is 0 Å². The van der Waals surface area contributed by atoms with E-state index in [1.165, 1.54) is 11.1 Å². The number of benzene rings is 1. The van der Waals surface area contributed by atoms with Gasteiger partial charge in [-0.3, -0.25) is 4.79 Å². The fourth-order valence-electron chi connectivity index (χ4n) is 2.99. The number of nitrogens with zero attached hydrogens (tertiary/aromatic N) is 1. The lowest BCUT2D eigenvalue weighted by molar-refractivity contribution is -0.132. The van der Waals surface area contributed by atoms with Gasteiger partial charge in [0.25, 0.3) is 0 Å². The van der Waals surface area contributed by atoms with Crippen molar-refractivity contribution in [3.05, 3.63) is 35.4 Å². The normalized spacial score (nSPS) is 22.6. The van der Waals surface area contributed by atoms with Crippen molar-refractivity contribution >= 4 is 5.91 Å². The summed E-state index contributed by atoms with van der Waals surface area (Å²) in [5.41, 5.74) is 8.42. The van der Waals surface area contributed by atoms with E-state index in [0.29, 0.717) is 18.5 Å². The number of hydrogen-bond donors (Lipinski definition) is 1. The van der Waals surface area contributed by atoms with E-state index in [4.69, 9.17) is 5.73 Å². The lowest BCUT2D eigenvalue weighted by atomic mass is 9.91. The summed E-state index contributed by atoms with van der Waals surface area (Å²) in [4.78, 5) is 14.2. The SMILES string of the molecule is Cc1cccc(CCC(=O)N(C)C2CCC(N)CC2)c1. The van der Waals surface area contributed by atoms with Gasteiger partial charge in [0.05, 0.1) is 0 Å². The fourth-order valence-corrected chi connectivity index (χ4v) is 2.99. The maximum Gasteiger partial charge on any atom is 0.222 e. The predicted molar refractivity (Wildman–Crippen MR) is 82.5 cm³/mol. The number of carbonyl (C=O) groups excluding carboxylic acids is 1. The van der Waals surface area contributed by atoms with Gasteiger partial charge in [-0.05, 0) is 44.6 Å². The van der Waals surface area contributed by atoms with Crippen LogP contribution < -0.4 is 5.73 Å². The number of hydrogen-bond acceptors (Lipinski definition) is 2. The lowest BCUT2D eigenvalue weighted by Crippen LogP contribution is -2.41. The Morgan fingerprint density at radius 3 is 2.65 bits per heavy atom. The summed E-state index contributed by atoms with van der Waals surface area (Å²) < 4.78 is 0. The lowest BCUT2D eigenvalue weighted by Gasteiger charge is -2.33. The largest absolute Gasteiger partial charge is 0.343 e. The maximum absolute atomic E-state index is 12.3. The topological polar surface area (TPSA) is 46.3 Å². The monoisotopic (exact) mass is 274 g/mol. The van der Waals surface area contributed by atoms with E-state index in [2.05, 4.69) is 31.2 Å². The minimum absolute atomic E-state index is 0.256. The highest BCUT2D eigenvalue weighted by atomic mass is 16.2. The summed E-state index contributed by atoms with van der Waals surface area (Å²) in [6.07, 6.45) is 5.61. The van der Waals surface area contributed by atoms with E-state index in [9.17, 15) is 4.79 Å². The molecule has 3 heteroatoms. The predicted octanol–water partition coefficient (Wildman–Crippen LogP) is 2.66. The Balaban J connectivity index is 1.82. The van der Waals surface area contributed by atoms with Crippen LogP contribution in [0.2, 0.25) is 0 Å². The third kappa shape index (κ3) is 4.07. The van der Waals surface area contributed by atoms with Crippen LogP contribution in [0.15, 0.2) is 24.3 Å². The summed E-state index contributed by atoms with van der Waals surface area (Å²) in [7, 11) is 1.94. The first-order chi connectivity index (χ1) is 9.56. The Morgan fingerprint density at radius 1 is 1.30 bits per heavy atom. The minimum Gasteiger partial charge on any atom is -0.343 e. The molecule has 0 unspecified atom stereocenters. The molecule has 0 bridgehead atoms. The Bertz CT molecular complexity index is 450. The Labute approximate surface area is 122 Å². The molecule has 0 aliphatic heterocycles. The summed E-state index contributed by atoms with van der Waals surface area (Å²) in [5.74, 6) is 0.256. The third-order valence-electron chi connectivity index (χ3n) is 4.39. The highest BCUT2D eigenvalue weighted by molar-refractivity contribution is 5.76. The molecule has 1 aromatic carbocycles. The van der Waals surface area contributed by atoms with Gasteiger partial charge < -0.3 is 10.6 Å². The van der Waals surface area contributed by atoms with Crippen molar-refractivity contribution in [2.24, 2.45) is 5.73 Å². The van der Waals surface area contributed by atoms with Crippen LogP contribution in [0.1, 0.15) is 43.2 Å². The number of nitrogens with two attached hydrogens (primary N) is 1. The summed E-state index contributed by atoms with van der Waals surface area (Å²) in [6.45, 7) is 2.09. The van der Waals surface area contributed by atoms with E-state index < -0.39 is 0 Å². The van der Waals surface area contributed by atoms with Crippen molar-refractivity contribution in [1.29, 1.82) is 0 Å². The Hall–Kier alpha value is -1.35. The average molecular weight is 274 g/mol. The van der Waals surface area contributed by atoms with Crippen molar-refractivity contribution in [3.8, 4) is 0 Å². The number of rotatable bonds is 4. The molecule has 1 aliphatic rings. The summed E-state index contributed by atoms with van der Waals surface area (Å²) in [5, 5.41) is 0. The molecule has 2 N–H and O–H groups in total. The first-order valence-corrected chi connectivity index (χ1v) is 7.63. The quantitative estimate of drug-likeness (QED) is 0.917. The molecule has 110 valence electrons. The van der Waals surface area contributed by atoms with Gasteiger partial charge in [0.1, 0.15) is 0 Å². The first-order valence-electron chi connectivity index (χ1n) is 7.63. The van der Waals surface area contributed by atoms with Crippen LogP contribution in [0.5, 0.6) is 0 Å². The van der Waals surface area contributed by atoms with E-state index in [0.717, 1.165) is 32.1 Å². The molecule has 1 aliphatic carbocycles. The molecular formula is C17H26N2O. The summed E-state index contributed by atoms with van der Waals surface area (Å²) in [6, 6.07) is 9.12. The van der Waals surface area contributed by atoms with Crippen LogP contribution >= 0.6 is 0 Å². The Morgan fingerprint density at radius 2 is 2.00 bits per heavy atom. The maximum atomic E-state index is 12.3. The van der Waals surface area contributed by atoms with E-state index in [-0.39, 0.29) is 5.91 Å². The molecule has 1 fully saturated rings. The molecule has 0 heterocycles. The van der Waals surface area contributed by atoms with Gasteiger partial charge in [-0.1, -0.05) is 29.8 Å². The molecule has 0 radical (unpaired) electrons. The number of amides is 1. The van der Waals surface area contributed by atoms with E-state index in [1.54, 1.807) is 0 Å². The Kier molecular flexibility index (Phi) is 5.18. The van der Waals surface area contributed by atoms with Gasteiger partial charge >= 0.3 is 0 Å². The van der Waals surface area contributed by atoms with Gasteiger partial charge in [-0.25, -0.2) is 0 Å². The first kappa shape index (κ1) is 15.0. The van der Waals surface area contributed by atoms with Crippen LogP contribution in [0.25, 0.3) is 0 Å². The van der Waals surface area contributed by atoms with Gasteiger partial charge in [0.15, 0.2) is 0 Å². The average Bonchev–Trinajstić information content (AvgIpc) is 2.45. The number of aryl methyl sites for hydroxylation is 2. The minimum atomic E-state index is 0.256. The van der Waals surface area contributed by atoms with Gasteiger partial charge in [0.2, 0.25) is 5.91 Å². The zero-order chi connectivity index (χ0) is 14.5. The van der Waals surface area contributed by atoms with E-state index >= 15 is 0 Å². The molecule has 20 heavy (non-hydrogen) atoms. The third-order valence-corrected chi connectivity index (χ3v) is 4.39. The highest BCUT2D eigenvalue weighted by Gasteiger charge is 2.24. The zero-order valence-electron chi connectivity index (χ0n) is 12.6. The fraction of sp³-hybridized carbons (Fsp3) is 0.588. The molecule has 3 nitrogen and oxygen atoms in total. The second-order valence-electron chi connectivity index (χ2n) is 6.06. The molecular weight excluding hydrogens is 248 g/mol. The van der Waals surface area contributed by atoms with Crippen LogP contribution in [-0.2, 0) is 11.2 Å². The van der Waals surface area contributed by atoms with E-state index in [1.807, 2.05) is 11.9 Å². The molecule has 0 aromatic heterocycles. The van der Waals surface area contributed by atoms with Crippen molar-refractivity contribution in [1.82, 2.24) is 4.90 Å². The van der Waals surface area contributed by atoms with Crippen molar-refractivity contribution < 1.29 is 4.79 Å². The second-order valence-corrected chi connectivity index (χ2v) is 6.06. The van der Waals surface area contributed by atoms with Crippen LogP contribution in [0, 0.1) is 6.92 Å². The molecule has 1 saturated carbocycles. The standard InChI is InChI=1S/C17H26N2O/c1-13-4-3-5-14(12-13)6-11-17(20)19(2)16-9-7-15(18)8-10-16/h3-5,12,15-16H,6-11,18H2,1-2H3. The van der Waals surface area contributed by atoms with Crippen LogP contribution in [0.4, 0.5) is 0 Å². The molecule has 0 saturated heterocycles. The van der Waals surface area contributed by atoms with Crippen molar-refractivity contribution in [2.75, 3.05) is 7.05 Å². The van der Waals surface area contributed by atoms with Gasteiger partial charge in [-0.2, -0.15) is 0 Å². The molecule has 2 rings (SSSR count). The molecule has 1 aromatic rings. The number of carbonyl (C=O) groups is 1. The van der Waals surface area contributed by atoms with Crippen LogP contribution in [0.3, 0.4) is 0 Å². The molecule has 1 amide bonds. The van der Waals surface area contributed by atoms with Crippen molar-refractivity contribution in [2.45, 2.75) is 57.5 Å². The van der Waals surface area contributed by atoms with Gasteiger partial charge in [0, 0.05) is 25.6 Å². The molecule has 0 spiro atoms. The second kappa shape index (κ2) is 6.89. The van der Waals surface area contributed by atoms with Crippen LogP contribution in [-0.4, -0.2) is 29.9 Å². The summed E-state index contributed by atoms with van der Waals surface area (Å²) >= 11 is 0. The molecule has 0 atom stereocenters. The van der Waals surface area contributed by atoms with Gasteiger partial charge in [-0.15, -0.1) is 0 Å². The smallest absolute Gasteiger partial charge is 0.222 e.